The molecule has 0 saturated carbocycles. The molecule has 1 unspecified atom stereocenters. The standard InChI is InChI=1S/C20H31N3O3/c1-16-13-18(26-17(16)2)14-22-5-3-20(15-22)4-6-23(19(20)24)8-7-21-9-11-25-12-10-21/h13H,3-12,14-15H2,1-2H3. The van der Waals surface area contributed by atoms with Gasteiger partial charge in [-0.15, -0.1) is 0 Å². The maximum atomic E-state index is 13.1. The van der Waals surface area contributed by atoms with E-state index in [1.54, 1.807) is 0 Å². The number of hydrogen-bond donors (Lipinski definition) is 0. The van der Waals surface area contributed by atoms with Gasteiger partial charge in [0.1, 0.15) is 11.5 Å². The number of ether oxygens (including phenoxy) is 1. The zero-order valence-electron chi connectivity index (χ0n) is 16.1. The summed E-state index contributed by atoms with van der Waals surface area (Å²) in [5, 5.41) is 0. The van der Waals surface area contributed by atoms with Crippen LogP contribution in [-0.2, 0) is 16.1 Å². The molecule has 0 bridgehead atoms. The van der Waals surface area contributed by atoms with E-state index in [0.717, 1.165) is 89.9 Å². The van der Waals surface area contributed by atoms with Crippen LogP contribution in [0.4, 0.5) is 0 Å². The highest BCUT2D eigenvalue weighted by Crippen LogP contribution is 2.41. The van der Waals surface area contributed by atoms with Gasteiger partial charge < -0.3 is 14.1 Å². The van der Waals surface area contributed by atoms with Gasteiger partial charge >= 0.3 is 0 Å². The van der Waals surface area contributed by atoms with Gasteiger partial charge in [-0.2, -0.15) is 0 Å². The Hall–Kier alpha value is -1.37. The van der Waals surface area contributed by atoms with Crippen LogP contribution >= 0.6 is 0 Å². The second kappa shape index (κ2) is 7.33. The van der Waals surface area contributed by atoms with Crippen LogP contribution in [0.5, 0.6) is 0 Å². The average molecular weight is 361 g/mol. The lowest BCUT2D eigenvalue weighted by Crippen LogP contribution is -2.43. The number of nitrogens with zero attached hydrogens (tertiary/aromatic N) is 3. The van der Waals surface area contributed by atoms with Crippen LogP contribution in [0.2, 0.25) is 0 Å². The van der Waals surface area contributed by atoms with Crippen molar-refractivity contribution in [1.29, 1.82) is 0 Å². The van der Waals surface area contributed by atoms with E-state index in [1.165, 1.54) is 5.56 Å². The molecule has 0 aromatic carbocycles. The summed E-state index contributed by atoms with van der Waals surface area (Å²) in [7, 11) is 0. The summed E-state index contributed by atoms with van der Waals surface area (Å²) in [4.78, 5) is 20.0. The highest BCUT2D eigenvalue weighted by Gasteiger charge is 2.50. The summed E-state index contributed by atoms with van der Waals surface area (Å²) < 4.78 is 11.2. The summed E-state index contributed by atoms with van der Waals surface area (Å²) in [5.74, 6) is 2.40. The van der Waals surface area contributed by atoms with E-state index in [1.807, 2.05) is 6.92 Å². The number of amides is 1. The number of morpholine rings is 1. The van der Waals surface area contributed by atoms with Crippen LogP contribution < -0.4 is 0 Å². The van der Waals surface area contributed by atoms with Crippen LogP contribution in [-0.4, -0.2) is 79.6 Å². The molecule has 6 nitrogen and oxygen atoms in total. The molecule has 1 atom stereocenters. The fraction of sp³-hybridized carbons (Fsp3) is 0.750. The number of aryl methyl sites for hydroxylation is 2. The minimum absolute atomic E-state index is 0.151. The third-order valence-corrected chi connectivity index (χ3v) is 6.42. The Morgan fingerprint density at radius 3 is 2.54 bits per heavy atom. The van der Waals surface area contributed by atoms with Crippen molar-refractivity contribution in [2.24, 2.45) is 5.41 Å². The van der Waals surface area contributed by atoms with Crippen molar-refractivity contribution in [3.05, 3.63) is 23.2 Å². The van der Waals surface area contributed by atoms with Gasteiger partial charge in [-0.3, -0.25) is 14.6 Å². The number of furan rings is 1. The Morgan fingerprint density at radius 2 is 1.81 bits per heavy atom. The zero-order valence-corrected chi connectivity index (χ0v) is 16.1. The lowest BCUT2D eigenvalue weighted by atomic mass is 9.85. The third kappa shape index (κ3) is 3.55. The van der Waals surface area contributed by atoms with Crippen molar-refractivity contribution in [3.8, 4) is 0 Å². The van der Waals surface area contributed by atoms with E-state index in [4.69, 9.17) is 9.15 Å². The molecule has 4 heterocycles. The molecule has 1 aromatic heterocycles. The van der Waals surface area contributed by atoms with Crippen molar-refractivity contribution in [3.63, 3.8) is 0 Å². The van der Waals surface area contributed by atoms with Gasteiger partial charge in [-0.1, -0.05) is 0 Å². The van der Waals surface area contributed by atoms with Crippen LogP contribution in [0.25, 0.3) is 0 Å². The Labute approximate surface area is 156 Å². The molecule has 3 fully saturated rings. The first-order valence-corrected chi connectivity index (χ1v) is 9.93. The van der Waals surface area contributed by atoms with Crippen LogP contribution in [0, 0.1) is 19.3 Å². The van der Waals surface area contributed by atoms with Gasteiger partial charge in [0.2, 0.25) is 5.91 Å². The summed E-state index contributed by atoms with van der Waals surface area (Å²) in [6.07, 6.45) is 1.99. The number of hydrogen-bond acceptors (Lipinski definition) is 5. The molecule has 3 aliphatic heterocycles. The molecular weight excluding hydrogens is 330 g/mol. The summed E-state index contributed by atoms with van der Waals surface area (Å²) >= 11 is 0. The largest absolute Gasteiger partial charge is 0.465 e. The number of likely N-dealkylation sites (tertiary alicyclic amines) is 2. The smallest absolute Gasteiger partial charge is 0.230 e. The van der Waals surface area contributed by atoms with E-state index in [-0.39, 0.29) is 5.41 Å². The molecule has 0 N–H and O–H groups in total. The predicted octanol–water partition coefficient (Wildman–Crippen LogP) is 1.65. The van der Waals surface area contributed by atoms with Crippen molar-refractivity contribution < 1.29 is 13.9 Å². The Morgan fingerprint density at radius 1 is 1.04 bits per heavy atom. The molecule has 6 heteroatoms. The fourth-order valence-corrected chi connectivity index (χ4v) is 4.61. The monoisotopic (exact) mass is 361 g/mol. The van der Waals surface area contributed by atoms with Crippen molar-refractivity contribution in [1.82, 2.24) is 14.7 Å². The minimum atomic E-state index is -0.151. The van der Waals surface area contributed by atoms with Gasteiger partial charge in [-0.25, -0.2) is 0 Å². The molecule has 3 saturated heterocycles. The maximum Gasteiger partial charge on any atom is 0.230 e. The molecule has 26 heavy (non-hydrogen) atoms. The molecule has 1 amide bonds. The van der Waals surface area contributed by atoms with E-state index in [9.17, 15) is 4.79 Å². The quantitative estimate of drug-likeness (QED) is 0.798. The van der Waals surface area contributed by atoms with Crippen LogP contribution in [0.1, 0.15) is 29.9 Å². The number of rotatable bonds is 5. The maximum absolute atomic E-state index is 13.1. The molecule has 0 aliphatic carbocycles. The lowest BCUT2D eigenvalue weighted by Gasteiger charge is -2.29. The predicted molar refractivity (Wildman–Crippen MR) is 99.0 cm³/mol. The Balaban J connectivity index is 1.30. The SMILES string of the molecule is Cc1cc(CN2CCC3(CCN(CCN4CCOCC4)C3=O)C2)oc1C. The molecule has 4 rings (SSSR count). The molecule has 1 aromatic rings. The molecule has 0 radical (unpaired) electrons. The average Bonchev–Trinajstić information content (AvgIpc) is 3.28. The molecule has 3 aliphatic rings. The Bertz CT molecular complexity index is 633. The van der Waals surface area contributed by atoms with Gasteiger partial charge in [0.15, 0.2) is 0 Å². The lowest BCUT2D eigenvalue weighted by molar-refractivity contribution is -0.135. The fourth-order valence-electron chi connectivity index (χ4n) is 4.61. The first kappa shape index (κ1) is 18.0. The van der Waals surface area contributed by atoms with Crippen molar-refractivity contribution in [2.75, 3.05) is 59.0 Å². The van der Waals surface area contributed by atoms with Gasteiger partial charge in [-0.05, 0) is 44.9 Å². The van der Waals surface area contributed by atoms with Crippen LogP contribution in [0.15, 0.2) is 10.5 Å². The van der Waals surface area contributed by atoms with Crippen LogP contribution in [0.3, 0.4) is 0 Å². The number of carbonyl (C=O) groups is 1. The summed E-state index contributed by atoms with van der Waals surface area (Å²) in [6.45, 7) is 13.1. The zero-order chi connectivity index (χ0) is 18.1. The van der Waals surface area contributed by atoms with Gasteiger partial charge in [0, 0.05) is 39.3 Å². The third-order valence-electron chi connectivity index (χ3n) is 6.42. The van der Waals surface area contributed by atoms with Gasteiger partial charge in [0.25, 0.3) is 0 Å². The second-order valence-corrected chi connectivity index (χ2v) is 8.19. The highest BCUT2D eigenvalue weighted by molar-refractivity contribution is 5.85. The molecule has 144 valence electrons. The first-order valence-electron chi connectivity index (χ1n) is 9.93. The van der Waals surface area contributed by atoms with E-state index < -0.39 is 0 Å². The topological polar surface area (TPSA) is 49.2 Å². The summed E-state index contributed by atoms with van der Waals surface area (Å²) in [6, 6.07) is 2.13. The van der Waals surface area contributed by atoms with Crippen molar-refractivity contribution >= 4 is 5.91 Å². The Kier molecular flexibility index (Phi) is 5.08. The molecular formula is C20H31N3O3. The second-order valence-electron chi connectivity index (χ2n) is 8.19. The highest BCUT2D eigenvalue weighted by atomic mass is 16.5. The summed E-state index contributed by atoms with van der Waals surface area (Å²) in [5.41, 5.74) is 1.06. The van der Waals surface area contributed by atoms with E-state index >= 15 is 0 Å². The van der Waals surface area contributed by atoms with E-state index in [2.05, 4.69) is 27.7 Å². The molecule has 1 spiro atoms. The first-order chi connectivity index (χ1) is 12.6. The van der Waals surface area contributed by atoms with E-state index in [0.29, 0.717) is 5.91 Å². The normalized spacial score (nSPS) is 27.9. The minimum Gasteiger partial charge on any atom is -0.465 e. The van der Waals surface area contributed by atoms with Gasteiger partial charge in [0.05, 0.1) is 25.2 Å². The number of carbonyl (C=O) groups excluding carboxylic acids is 1. The van der Waals surface area contributed by atoms with Crippen molar-refractivity contribution in [2.45, 2.75) is 33.2 Å².